The third kappa shape index (κ3) is 3.61. The minimum absolute atomic E-state index is 0.118. The zero-order chi connectivity index (χ0) is 25.2. The molecule has 4 rings (SSSR count). The maximum atomic E-state index is 12.4. The van der Waals surface area contributed by atoms with Gasteiger partial charge in [-0.2, -0.15) is 0 Å². The van der Waals surface area contributed by atoms with Crippen LogP contribution in [0.5, 0.6) is 0 Å². The van der Waals surface area contributed by atoms with E-state index in [4.69, 9.17) is 0 Å². The highest BCUT2D eigenvalue weighted by molar-refractivity contribution is 5.45. The van der Waals surface area contributed by atoms with Crippen LogP contribution in [0.2, 0.25) is 0 Å². The fourth-order valence-corrected chi connectivity index (χ4v) is 9.25. The molecule has 0 aromatic carbocycles. The third-order valence-corrected chi connectivity index (χ3v) is 11.4. The van der Waals surface area contributed by atoms with E-state index >= 15 is 0 Å². The van der Waals surface area contributed by atoms with Gasteiger partial charge in [0.25, 0.3) is 0 Å². The molecule has 194 valence electrons. The Morgan fingerprint density at radius 1 is 1.03 bits per heavy atom. The van der Waals surface area contributed by atoms with Gasteiger partial charge in [-0.3, -0.25) is 0 Å². The number of aliphatic hydroxyl groups excluding tert-OH is 3. The van der Waals surface area contributed by atoms with Gasteiger partial charge >= 0.3 is 0 Å². The fourth-order valence-electron chi connectivity index (χ4n) is 9.25. The Morgan fingerprint density at radius 2 is 1.71 bits per heavy atom. The summed E-state index contributed by atoms with van der Waals surface area (Å²) >= 11 is 0. The molecular formula is C30H50O4. The van der Waals surface area contributed by atoms with Crippen LogP contribution in [0.25, 0.3) is 0 Å². The predicted molar refractivity (Wildman–Crippen MR) is 137 cm³/mol. The summed E-state index contributed by atoms with van der Waals surface area (Å²) in [6, 6.07) is 0. The maximum absolute atomic E-state index is 12.4. The van der Waals surface area contributed by atoms with Crippen molar-refractivity contribution < 1.29 is 20.4 Å². The predicted octanol–water partition coefficient (Wildman–Crippen LogP) is 5.39. The molecule has 0 aromatic rings. The topological polar surface area (TPSA) is 80.9 Å². The molecule has 0 saturated heterocycles. The first-order valence-electron chi connectivity index (χ1n) is 14.0. The van der Waals surface area contributed by atoms with E-state index in [0.717, 1.165) is 36.0 Å². The lowest BCUT2D eigenvalue weighted by Crippen LogP contribution is -2.61. The van der Waals surface area contributed by atoms with E-state index in [0.29, 0.717) is 43.4 Å². The van der Waals surface area contributed by atoms with E-state index in [1.54, 1.807) is 0 Å². The lowest BCUT2D eigenvalue weighted by molar-refractivity contribution is -0.133. The highest BCUT2D eigenvalue weighted by Gasteiger charge is 2.69. The van der Waals surface area contributed by atoms with Crippen LogP contribution in [0, 0.1) is 40.4 Å². The Labute approximate surface area is 207 Å². The minimum atomic E-state index is -1.28. The first-order valence-corrected chi connectivity index (χ1v) is 14.0. The molecule has 0 aromatic heterocycles. The highest BCUT2D eigenvalue weighted by atomic mass is 16.3. The molecule has 4 heteroatoms. The largest absolute Gasteiger partial charge is 0.390 e. The van der Waals surface area contributed by atoms with Crippen molar-refractivity contribution in [1.82, 2.24) is 0 Å². The molecule has 0 unspecified atom stereocenters. The second kappa shape index (κ2) is 9.01. The van der Waals surface area contributed by atoms with Gasteiger partial charge in [-0.25, -0.2) is 0 Å². The highest BCUT2D eigenvalue weighted by Crippen LogP contribution is 2.68. The summed E-state index contributed by atoms with van der Waals surface area (Å²) in [7, 11) is 0. The lowest BCUT2D eigenvalue weighted by atomic mass is 9.47. The van der Waals surface area contributed by atoms with Crippen molar-refractivity contribution in [2.75, 3.05) is 0 Å². The van der Waals surface area contributed by atoms with Gasteiger partial charge in [0.1, 0.15) is 5.60 Å². The van der Waals surface area contributed by atoms with Crippen molar-refractivity contribution in [2.45, 2.75) is 123 Å². The van der Waals surface area contributed by atoms with Gasteiger partial charge in [-0.1, -0.05) is 61.0 Å². The number of rotatable bonds is 6. The van der Waals surface area contributed by atoms with Crippen LogP contribution in [0.15, 0.2) is 23.3 Å². The van der Waals surface area contributed by atoms with Gasteiger partial charge in [-0.05, 0) is 96.7 Å². The monoisotopic (exact) mass is 474 g/mol. The molecule has 10 atom stereocenters. The molecule has 0 radical (unpaired) electrons. The Hall–Kier alpha value is -0.680. The van der Waals surface area contributed by atoms with Crippen LogP contribution < -0.4 is 0 Å². The van der Waals surface area contributed by atoms with Crippen LogP contribution >= 0.6 is 0 Å². The molecule has 0 heterocycles. The molecule has 4 aliphatic carbocycles. The molecule has 0 aliphatic heterocycles. The normalized spacial score (nSPS) is 46.2. The standard InChI is InChI=1S/C30H50O4/c1-8-20(17(2)3)10-9-18(4)23-15-26(33)30(34)22-12-11-21-19(5)24(31)13-14-28(21,6)27(22)25(32)16-29(23,30)7/h17-18,20-21,23-26,31-34H,5,8-16H2,1-4,6-7H3/t18-,20+,21+,23-,24+,25-,26+,28+,29-,30+/m1/s1. The Kier molecular flexibility index (Phi) is 6.99. The van der Waals surface area contributed by atoms with Crippen molar-refractivity contribution in [1.29, 1.82) is 0 Å². The van der Waals surface area contributed by atoms with E-state index < -0.39 is 29.3 Å². The van der Waals surface area contributed by atoms with Crippen LogP contribution in [-0.2, 0) is 0 Å². The van der Waals surface area contributed by atoms with Crippen molar-refractivity contribution >= 4 is 0 Å². The van der Waals surface area contributed by atoms with Gasteiger partial charge in [-0.15, -0.1) is 0 Å². The Morgan fingerprint density at radius 3 is 2.32 bits per heavy atom. The molecule has 4 N–H and O–H groups in total. The van der Waals surface area contributed by atoms with Gasteiger partial charge in [0, 0.05) is 5.41 Å². The van der Waals surface area contributed by atoms with Crippen LogP contribution in [-0.4, -0.2) is 44.3 Å². The Bertz CT molecular complexity index is 832. The van der Waals surface area contributed by atoms with Crippen LogP contribution in [0.3, 0.4) is 0 Å². The average Bonchev–Trinajstić information content (AvgIpc) is 2.97. The molecule has 0 bridgehead atoms. The number of aliphatic hydroxyl groups is 4. The zero-order valence-corrected chi connectivity index (χ0v) is 22.5. The van der Waals surface area contributed by atoms with E-state index in [2.05, 4.69) is 48.1 Å². The summed E-state index contributed by atoms with van der Waals surface area (Å²) < 4.78 is 0. The van der Waals surface area contributed by atoms with E-state index in [9.17, 15) is 20.4 Å². The van der Waals surface area contributed by atoms with Gasteiger partial charge in [0.15, 0.2) is 0 Å². The second-order valence-corrected chi connectivity index (χ2v) is 13.3. The van der Waals surface area contributed by atoms with Gasteiger partial charge in [0.05, 0.1) is 18.3 Å². The number of fused-ring (bicyclic) bond motifs is 4. The van der Waals surface area contributed by atoms with Crippen LogP contribution in [0.4, 0.5) is 0 Å². The van der Waals surface area contributed by atoms with Crippen molar-refractivity contribution in [2.24, 2.45) is 40.4 Å². The first-order chi connectivity index (χ1) is 15.8. The molecule has 0 amide bonds. The molecule has 34 heavy (non-hydrogen) atoms. The number of hydrogen-bond acceptors (Lipinski definition) is 4. The van der Waals surface area contributed by atoms with E-state index in [-0.39, 0.29) is 17.3 Å². The molecule has 4 nitrogen and oxygen atoms in total. The quantitative estimate of drug-likeness (QED) is 0.389. The SMILES string of the molecule is C=C1[C@@H](O)CC[C@]2(C)C3=C(CC[C@@H]12)[C@]1(O)[C@@H](O)C[C@H]([C@H](C)CC[C@H](CC)C(C)C)[C@@]1(C)C[C@H]3O. The molecular weight excluding hydrogens is 424 g/mol. The number of hydrogen-bond donors (Lipinski definition) is 4. The van der Waals surface area contributed by atoms with Crippen molar-refractivity contribution in [3.63, 3.8) is 0 Å². The first kappa shape index (κ1) is 26.4. The van der Waals surface area contributed by atoms with E-state index in [1.165, 1.54) is 12.8 Å². The lowest BCUT2D eigenvalue weighted by Gasteiger charge is -2.59. The minimum Gasteiger partial charge on any atom is -0.390 e. The van der Waals surface area contributed by atoms with E-state index in [1.807, 2.05) is 0 Å². The fraction of sp³-hybridized carbons (Fsp3) is 0.867. The molecule has 0 spiro atoms. The average molecular weight is 475 g/mol. The summed E-state index contributed by atoms with van der Waals surface area (Å²) in [5.41, 5.74) is 0.603. The summed E-state index contributed by atoms with van der Waals surface area (Å²) in [6.07, 6.45) is 5.56. The maximum Gasteiger partial charge on any atom is 0.117 e. The van der Waals surface area contributed by atoms with Crippen molar-refractivity contribution in [3.05, 3.63) is 23.3 Å². The second-order valence-electron chi connectivity index (χ2n) is 13.3. The Balaban J connectivity index is 1.68. The zero-order valence-electron chi connectivity index (χ0n) is 22.5. The summed E-state index contributed by atoms with van der Waals surface area (Å²) in [5.74, 6) is 2.05. The summed E-state index contributed by atoms with van der Waals surface area (Å²) in [5, 5.41) is 46.0. The molecule has 2 fully saturated rings. The van der Waals surface area contributed by atoms with Gasteiger partial charge < -0.3 is 20.4 Å². The summed E-state index contributed by atoms with van der Waals surface area (Å²) in [4.78, 5) is 0. The molecule has 4 aliphatic rings. The van der Waals surface area contributed by atoms with Crippen LogP contribution in [0.1, 0.15) is 99.3 Å². The van der Waals surface area contributed by atoms with Gasteiger partial charge in [0.2, 0.25) is 0 Å². The van der Waals surface area contributed by atoms with Crippen molar-refractivity contribution in [3.8, 4) is 0 Å². The smallest absolute Gasteiger partial charge is 0.117 e. The molecule has 2 saturated carbocycles. The summed E-state index contributed by atoms with van der Waals surface area (Å²) in [6.45, 7) is 17.7. The third-order valence-electron chi connectivity index (χ3n) is 11.4.